The van der Waals surface area contributed by atoms with Crippen molar-refractivity contribution in [2.45, 2.75) is 82.4 Å². The zero-order chi connectivity index (χ0) is 40.7. The number of rotatable bonds is 11. The summed E-state index contributed by atoms with van der Waals surface area (Å²) >= 11 is 6.19. The average Bonchev–Trinajstić information content (AvgIpc) is 3.80. The van der Waals surface area contributed by atoms with E-state index >= 15 is 0 Å². The summed E-state index contributed by atoms with van der Waals surface area (Å²) in [6.07, 6.45) is 5.67. The summed E-state index contributed by atoms with van der Waals surface area (Å²) in [5.41, 5.74) is 4.63. The second kappa shape index (κ2) is 16.4. The Labute approximate surface area is 343 Å². The van der Waals surface area contributed by atoms with Crippen molar-refractivity contribution in [3.05, 3.63) is 106 Å². The Bertz CT molecular complexity index is 2200. The van der Waals surface area contributed by atoms with E-state index in [9.17, 15) is 24.0 Å². The van der Waals surface area contributed by atoms with Crippen LogP contribution in [0.15, 0.2) is 72.9 Å². The first-order valence-corrected chi connectivity index (χ1v) is 20.7. The van der Waals surface area contributed by atoms with Crippen LogP contribution in [-0.4, -0.2) is 95.1 Å². The van der Waals surface area contributed by atoms with Crippen molar-refractivity contribution in [2.24, 2.45) is 5.92 Å². The van der Waals surface area contributed by atoms with Crippen LogP contribution in [0.3, 0.4) is 0 Å². The molecule has 5 aliphatic heterocycles. The van der Waals surface area contributed by atoms with Gasteiger partial charge < -0.3 is 19.4 Å². The quantitative estimate of drug-likeness (QED) is 0.175. The molecule has 3 aromatic rings. The van der Waals surface area contributed by atoms with Crippen molar-refractivity contribution in [1.82, 2.24) is 20.0 Å². The van der Waals surface area contributed by atoms with E-state index in [1.165, 1.54) is 5.56 Å². The number of nitrogens with one attached hydrogen (secondary N) is 1. The molecule has 0 radical (unpaired) electrons. The van der Waals surface area contributed by atoms with Crippen LogP contribution in [-0.2, 0) is 9.59 Å². The first-order chi connectivity index (χ1) is 28.0. The maximum atomic E-state index is 13.5. The number of halogens is 1. The SMILES string of the molecule is C=C1C(CC(CC)Oc2ccc(C#N)c(Cl)c2)N1C(=O)c1ccc(C2CCN(CC3CCN(c4ccc5c(c4)C(=O)N(C4CCC(=O)NC4=O)C5=O)CC3)CC2)cc1. The maximum Gasteiger partial charge on any atom is 0.262 e. The molecule has 4 fully saturated rings. The number of benzene rings is 3. The number of anilines is 1. The third-order valence-electron chi connectivity index (χ3n) is 12.6. The van der Waals surface area contributed by atoms with Crippen LogP contribution in [0, 0.1) is 17.2 Å². The highest BCUT2D eigenvalue weighted by atomic mass is 35.5. The molecule has 4 saturated heterocycles. The van der Waals surface area contributed by atoms with Crippen molar-refractivity contribution in [3.8, 4) is 11.8 Å². The number of hydrogen-bond acceptors (Lipinski definition) is 9. The standard InChI is InChI=1S/C45H47ClN6O6/c1-3-34(58-35-10-8-32(25-47)38(46)23-35)24-40-27(2)51(40)43(55)31-6-4-29(5-7-31)30-16-18-49(19-17-30)26-28-14-20-50(21-15-28)33-9-11-36-37(22-33)45(57)52(44(36)56)39-12-13-41(53)48-42(39)54/h4-11,22-23,28,30,34,39-40H,2-3,12-21,24,26H2,1H3,(H,48,53,54). The fourth-order valence-corrected chi connectivity index (χ4v) is 9.29. The van der Waals surface area contributed by atoms with Gasteiger partial charge in [0.2, 0.25) is 11.8 Å². The van der Waals surface area contributed by atoms with E-state index < -0.39 is 29.7 Å². The molecule has 300 valence electrons. The number of hydrogen-bond donors (Lipinski definition) is 1. The molecule has 0 bridgehead atoms. The molecule has 0 spiro atoms. The minimum atomic E-state index is -0.970. The molecule has 13 heteroatoms. The number of nitriles is 1. The number of carbonyl (C=O) groups excluding carboxylic acids is 5. The van der Waals surface area contributed by atoms with Gasteiger partial charge in [-0.15, -0.1) is 0 Å². The van der Waals surface area contributed by atoms with Crippen molar-refractivity contribution < 1.29 is 28.7 Å². The highest BCUT2D eigenvalue weighted by molar-refractivity contribution is 6.31. The highest BCUT2D eigenvalue weighted by Gasteiger charge is 2.46. The number of piperidine rings is 3. The van der Waals surface area contributed by atoms with Crippen LogP contribution < -0.4 is 15.0 Å². The number of carbonyl (C=O) groups is 5. The van der Waals surface area contributed by atoms with Crippen LogP contribution >= 0.6 is 11.6 Å². The number of amides is 5. The monoisotopic (exact) mass is 802 g/mol. The number of imide groups is 2. The molecule has 5 aliphatic rings. The lowest BCUT2D eigenvalue weighted by atomic mass is 9.88. The third-order valence-corrected chi connectivity index (χ3v) is 12.9. The van der Waals surface area contributed by atoms with Gasteiger partial charge in [0.25, 0.3) is 17.7 Å². The predicted octanol–water partition coefficient (Wildman–Crippen LogP) is 6.29. The number of likely N-dealkylation sites (tertiary alicyclic amines) is 1. The molecule has 0 aliphatic carbocycles. The predicted molar refractivity (Wildman–Crippen MR) is 217 cm³/mol. The molecule has 3 unspecified atom stereocenters. The molecular formula is C45H47ClN6O6. The largest absolute Gasteiger partial charge is 0.490 e. The molecule has 58 heavy (non-hydrogen) atoms. The van der Waals surface area contributed by atoms with Gasteiger partial charge in [0, 0.05) is 55.5 Å². The van der Waals surface area contributed by atoms with Gasteiger partial charge >= 0.3 is 0 Å². The minimum Gasteiger partial charge on any atom is -0.490 e. The van der Waals surface area contributed by atoms with Crippen molar-refractivity contribution >= 4 is 46.8 Å². The molecule has 5 amide bonds. The zero-order valence-corrected chi connectivity index (χ0v) is 33.4. The van der Waals surface area contributed by atoms with Crippen LogP contribution in [0.5, 0.6) is 5.75 Å². The zero-order valence-electron chi connectivity index (χ0n) is 32.6. The van der Waals surface area contributed by atoms with E-state index in [-0.39, 0.29) is 30.9 Å². The molecular weight excluding hydrogens is 756 g/mol. The first kappa shape index (κ1) is 39.3. The Balaban J connectivity index is 0.779. The maximum absolute atomic E-state index is 13.5. The van der Waals surface area contributed by atoms with E-state index in [1.54, 1.807) is 35.2 Å². The topological polar surface area (TPSA) is 143 Å². The number of nitrogens with zero attached hydrogens (tertiary/aromatic N) is 5. The second-order valence-corrected chi connectivity index (χ2v) is 16.5. The summed E-state index contributed by atoms with van der Waals surface area (Å²) in [5.74, 6) is -0.389. The van der Waals surface area contributed by atoms with Gasteiger partial charge in [0.05, 0.1) is 27.8 Å². The normalized spacial score (nSPS) is 22.2. The Morgan fingerprint density at radius 1 is 0.931 bits per heavy atom. The molecule has 1 N–H and O–H groups in total. The molecule has 3 atom stereocenters. The van der Waals surface area contributed by atoms with E-state index in [4.69, 9.17) is 21.6 Å². The molecule has 5 heterocycles. The van der Waals surface area contributed by atoms with Crippen molar-refractivity contribution in [2.75, 3.05) is 37.6 Å². The second-order valence-electron chi connectivity index (χ2n) is 16.1. The summed E-state index contributed by atoms with van der Waals surface area (Å²) in [5, 5.41) is 11.8. The molecule has 8 rings (SSSR count). The number of ether oxygens (including phenoxy) is 1. The van der Waals surface area contributed by atoms with Gasteiger partial charge in [-0.2, -0.15) is 5.26 Å². The summed E-state index contributed by atoms with van der Waals surface area (Å²) in [6.45, 7) is 11.0. The summed E-state index contributed by atoms with van der Waals surface area (Å²) in [4.78, 5) is 71.6. The molecule has 3 aromatic carbocycles. The van der Waals surface area contributed by atoms with E-state index in [2.05, 4.69) is 39.9 Å². The van der Waals surface area contributed by atoms with Gasteiger partial charge in [-0.05, 0) is 111 Å². The van der Waals surface area contributed by atoms with Crippen molar-refractivity contribution in [1.29, 1.82) is 5.26 Å². The van der Waals surface area contributed by atoms with E-state index in [0.29, 0.717) is 51.3 Å². The Kier molecular flexibility index (Phi) is 11.1. The smallest absolute Gasteiger partial charge is 0.262 e. The van der Waals surface area contributed by atoms with E-state index in [1.807, 2.05) is 25.1 Å². The highest BCUT2D eigenvalue weighted by Crippen LogP contribution is 2.39. The molecule has 0 saturated carbocycles. The third kappa shape index (κ3) is 7.85. The lowest BCUT2D eigenvalue weighted by Gasteiger charge is -2.38. The number of fused-ring (bicyclic) bond motifs is 1. The van der Waals surface area contributed by atoms with Gasteiger partial charge in [0.15, 0.2) is 0 Å². The summed E-state index contributed by atoms with van der Waals surface area (Å²) in [7, 11) is 0. The van der Waals surface area contributed by atoms with Gasteiger partial charge in [-0.3, -0.25) is 34.2 Å². The molecule has 0 aromatic heterocycles. The minimum absolute atomic E-state index is 0.0464. The summed E-state index contributed by atoms with van der Waals surface area (Å²) < 4.78 is 6.16. The van der Waals surface area contributed by atoms with Gasteiger partial charge in [-0.25, -0.2) is 0 Å². The van der Waals surface area contributed by atoms with Crippen LogP contribution in [0.25, 0.3) is 0 Å². The fraction of sp³-hybridized carbons (Fsp3) is 0.422. The van der Waals surface area contributed by atoms with Crippen molar-refractivity contribution in [3.63, 3.8) is 0 Å². The van der Waals surface area contributed by atoms with E-state index in [0.717, 1.165) is 81.1 Å². The Morgan fingerprint density at radius 2 is 1.66 bits per heavy atom. The van der Waals surface area contributed by atoms with Gasteiger partial charge in [0.1, 0.15) is 24.0 Å². The first-order valence-electron chi connectivity index (χ1n) is 20.3. The lowest BCUT2D eigenvalue weighted by molar-refractivity contribution is -0.136. The van der Waals surface area contributed by atoms with Crippen LogP contribution in [0.2, 0.25) is 5.02 Å². The Hall–Kier alpha value is -5.51. The van der Waals surface area contributed by atoms with Crippen LogP contribution in [0.1, 0.15) is 106 Å². The average molecular weight is 803 g/mol. The van der Waals surface area contributed by atoms with Gasteiger partial charge in [-0.1, -0.05) is 37.2 Å². The lowest BCUT2D eigenvalue weighted by Crippen LogP contribution is -2.54. The van der Waals surface area contributed by atoms with Crippen LogP contribution in [0.4, 0.5) is 5.69 Å². The Morgan fingerprint density at radius 3 is 2.33 bits per heavy atom. The fourth-order valence-electron chi connectivity index (χ4n) is 9.08. The summed E-state index contributed by atoms with van der Waals surface area (Å²) in [6, 6.07) is 19.5. The molecule has 12 nitrogen and oxygen atoms in total.